The maximum absolute atomic E-state index is 14.3. The van der Waals surface area contributed by atoms with Gasteiger partial charge in [-0.15, -0.1) is 0 Å². The third-order valence-corrected chi connectivity index (χ3v) is 9.32. The fourth-order valence-corrected chi connectivity index (χ4v) is 6.61. The molecule has 5 rings (SSSR count). The van der Waals surface area contributed by atoms with E-state index in [0.29, 0.717) is 21.7 Å². The summed E-state index contributed by atoms with van der Waals surface area (Å²) in [6.45, 7) is 1.65. The van der Waals surface area contributed by atoms with E-state index in [1.807, 2.05) is 0 Å². The number of nitrogens with two attached hydrogens (primary N) is 2. The highest BCUT2D eigenvalue weighted by Gasteiger charge is 2.52. The van der Waals surface area contributed by atoms with Crippen molar-refractivity contribution in [3.05, 3.63) is 119 Å². The molecule has 4 aromatic carbocycles. The fraction of sp³-hybridized carbons (Fsp3) is 0.125. The summed E-state index contributed by atoms with van der Waals surface area (Å²) < 4.78 is 33.8. The van der Waals surface area contributed by atoms with Gasteiger partial charge < -0.3 is 15.8 Å². The number of hydrogen-bond donors (Lipinski definition) is 4. The molecule has 0 spiro atoms. The Morgan fingerprint density at radius 1 is 0.953 bits per heavy atom. The first-order valence-corrected chi connectivity index (χ1v) is 14.9. The summed E-state index contributed by atoms with van der Waals surface area (Å²) in [4.78, 5) is 28.2. The first-order chi connectivity index (χ1) is 20.6. The largest absolute Gasteiger partial charge is 0.464 e. The van der Waals surface area contributed by atoms with Gasteiger partial charge in [0.1, 0.15) is 5.84 Å². The second-order valence-electron chi connectivity index (χ2n) is 9.83. The highest BCUT2D eigenvalue weighted by molar-refractivity contribution is 7.93. The lowest BCUT2D eigenvalue weighted by Gasteiger charge is -2.28. The van der Waals surface area contributed by atoms with E-state index in [1.54, 1.807) is 79.7 Å². The van der Waals surface area contributed by atoms with Gasteiger partial charge in [-0.05, 0) is 53.1 Å². The minimum Gasteiger partial charge on any atom is -0.464 e. The zero-order chi connectivity index (χ0) is 30.8. The van der Waals surface area contributed by atoms with E-state index in [4.69, 9.17) is 21.6 Å². The number of nitrogens with one attached hydrogen (secondary N) is 2. The monoisotopic (exact) mass is 595 g/mol. The zero-order valence-electron chi connectivity index (χ0n) is 23.2. The normalized spacial score (nSPS) is 12.9. The van der Waals surface area contributed by atoms with Crippen LogP contribution in [0.4, 0.5) is 0 Å². The molecule has 0 aliphatic carbocycles. The molecular formula is C32H29N5O5S. The lowest BCUT2D eigenvalue weighted by molar-refractivity contribution is -0.146. The van der Waals surface area contributed by atoms with Crippen molar-refractivity contribution in [3.63, 3.8) is 0 Å². The molecule has 6 N–H and O–H groups in total. The molecule has 1 atom stereocenters. The van der Waals surface area contributed by atoms with Gasteiger partial charge in [0.2, 0.25) is 14.7 Å². The smallest absolute Gasteiger partial charge is 0.347 e. The predicted molar refractivity (Wildman–Crippen MR) is 164 cm³/mol. The van der Waals surface area contributed by atoms with Crippen LogP contribution in [0.1, 0.15) is 34.0 Å². The van der Waals surface area contributed by atoms with Gasteiger partial charge in [-0.3, -0.25) is 20.9 Å². The maximum atomic E-state index is 14.3. The number of amides is 1. The van der Waals surface area contributed by atoms with E-state index in [1.165, 1.54) is 24.4 Å². The number of rotatable bonds is 9. The summed E-state index contributed by atoms with van der Waals surface area (Å²) in [6.07, 6.45) is 1.46. The van der Waals surface area contributed by atoms with Crippen LogP contribution in [0.15, 0.2) is 102 Å². The Balaban J connectivity index is 1.58. The highest BCUT2D eigenvalue weighted by atomic mass is 32.2. The number of carbonyl (C=O) groups is 2. The molecule has 0 saturated carbocycles. The van der Waals surface area contributed by atoms with Gasteiger partial charge in [-0.1, -0.05) is 66.7 Å². The van der Waals surface area contributed by atoms with Crippen LogP contribution in [0.5, 0.6) is 0 Å². The molecule has 0 fully saturated rings. The first-order valence-electron chi connectivity index (χ1n) is 13.4. The quantitative estimate of drug-likeness (QED) is 0.113. The van der Waals surface area contributed by atoms with Crippen LogP contribution in [0.25, 0.3) is 21.7 Å². The minimum absolute atomic E-state index is 0.0559. The number of fused-ring (bicyclic) bond motifs is 2. The van der Waals surface area contributed by atoms with Crippen molar-refractivity contribution in [1.82, 2.24) is 10.3 Å². The lowest BCUT2D eigenvalue weighted by Crippen LogP contribution is -2.52. The topological polar surface area (TPSA) is 178 Å². The second-order valence-corrected chi connectivity index (χ2v) is 11.9. The Morgan fingerprint density at radius 3 is 2.37 bits per heavy atom. The van der Waals surface area contributed by atoms with Gasteiger partial charge in [0.25, 0.3) is 5.91 Å². The summed E-state index contributed by atoms with van der Waals surface area (Å²) >= 11 is 0. The van der Waals surface area contributed by atoms with Gasteiger partial charge in [0.15, 0.2) is 0 Å². The van der Waals surface area contributed by atoms with Crippen molar-refractivity contribution in [1.29, 1.82) is 5.41 Å². The number of esters is 1. The van der Waals surface area contributed by atoms with Crippen molar-refractivity contribution in [2.24, 2.45) is 11.5 Å². The number of nitrogen functional groups attached to an aromatic ring is 1. The molecule has 0 aliphatic rings. The SMILES string of the molecule is CCOC(=O)C(N)(c1ccc2cccc(C(=O)NCc3ccc(C(=N)N)cc3)c2c1)S(=O)(=O)c1cccc2cccnc12. The number of para-hydroxylation sites is 1. The third kappa shape index (κ3) is 5.31. The average Bonchev–Trinajstić information content (AvgIpc) is 3.02. The Hall–Kier alpha value is -5.13. The van der Waals surface area contributed by atoms with Crippen molar-refractivity contribution < 1.29 is 22.7 Å². The molecule has 0 saturated heterocycles. The molecule has 218 valence electrons. The summed E-state index contributed by atoms with van der Waals surface area (Å²) in [7, 11) is -4.64. The molecule has 11 heteroatoms. The van der Waals surface area contributed by atoms with E-state index in [-0.39, 0.29) is 40.5 Å². The standard InChI is InChI=1S/C32H29N5O5S/c1-2-42-31(39)32(35,43(40,41)27-10-4-7-22-8-5-17-36-28(22)27)24-16-15-21-6-3-9-25(26(21)18-24)30(38)37-19-20-11-13-23(14-12-20)29(33)34/h3-18H,2,19,35H2,1H3,(H3,33,34)(H,37,38). The highest BCUT2D eigenvalue weighted by Crippen LogP contribution is 2.37. The first kappa shape index (κ1) is 29.4. The van der Waals surface area contributed by atoms with Crippen LogP contribution < -0.4 is 16.8 Å². The summed E-state index contributed by atoms with van der Waals surface area (Å²) in [5.74, 6) is -1.63. The number of sulfone groups is 1. The Kier molecular flexibility index (Phi) is 7.94. The van der Waals surface area contributed by atoms with E-state index in [2.05, 4.69) is 10.3 Å². The average molecular weight is 596 g/mol. The van der Waals surface area contributed by atoms with Crippen molar-refractivity contribution in [2.75, 3.05) is 6.61 Å². The number of amidine groups is 1. The molecule has 0 radical (unpaired) electrons. The lowest BCUT2D eigenvalue weighted by atomic mass is 9.98. The van der Waals surface area contributed by atoms with Crippen LogP contribution in [0.3, 0.4) is 0 Å². The Morgan fingerprint density at radius 2 is 1.65 bits per heavy atom. The molecule has 1 aromatic heterocycles. The van der Waals surface area contributed by atoms with Gasteiger partial charge in [0.05, 0.1) is 17.0 Å². The fourth-order valence-electron chi connectivity index (χ4n) is 4.87. The molecule has 5 aromatic rings. The minimum atomic E-state index is -4.64. The molecule has 0 aliphatic heterocycles. The Labute approximate surface area is 248 Å². The van der Waals surface area contributed by atoms with E-state index >= 15 is 0 Å². The van der Waals surface area contributed by atoms with Crippen LogP contribution in [0, 0.1) is 5.41 Å². The molecule has 1 amide bonds. The number of aromatic nitrogens is 1. The van der Waals surface area contributed by atoms with Crippen LogP contribution in [-0.4, -0.2) is 37.7 Å². The third-order valence-electron chi connectivity index (χ3n) is 7.16. The number of benzene rings is 4. The van der Waals surface area contributed by atoms with Crippen LogP contribution >= 0.6 is 0 Å². The molecule has 1 unspecified atom stereocenters. The molecule has 1 heterocycles. The molecule has 0 bridgehead atoms. The van der Waals surface area contributed by atoms with Crippen molar-refractivity contribution in [2.45, 2.75) is 23.2 Å². The van der Waals surface area contributed by atoms with E-state index in [0.717, 1.165) is 5.56 Å². The summed E-state index contributed by atoms with van der Waals surface area (Å²) in [5.41, 5.74) is 13.9. The van der Waals surface area contributed by atoms with Crippen LogP contribution in [-0.2, 0) is 30.8 Å². The number of nitrogens with zero attached hydrogens (tertiary/aromatic N) is 1. The van der Waals surface area contributed by atoms with Gasteiger partial charge in [0, 0.05) is 29.3 Å². The van der Waals surface area contributed by atoms with Crippen LogP contribution in [0.2, 0.25) is 0 Å². The number of carbonyl (C=O) groups excluding carboxylic acids is 2. The molecular weight excluding hydrogens is 566 g/mol. The number of pyridine rings is 1. The number of hydrogen-bond acceptors (Lipinski definition) is 8. The van der Waals surface area contributed by atoms with Crippen molar-refractivity contribution >= 4 is 49.2 Å². The summed E-state index contributed by atoms with van der Waals surface area (Å²) in [6, 6.07) is 24.5. The van der Waals surface area contributed by atoms with Crippen molar-refractivity contribution in [3.8, 4) is 0 Å². The van der Waals surface area contributed by atoms with E-state index in [9.17, 15) is 18.0 Å². The van der Waals surface area contributed by atoms with Gasteiger partial charge >= 0.3 is 5.97 Å². The summed E-state index contributed by atoms with van der Waals surface area (Å²) in [5, 5.41) is 12.0. The van der Waals surface area contributed by atoms with E-state index < -0.39 is 26.6 Å². The second kappa shape index (κ2) is 11.6. The zero-order valence-corrected chi connectivity index (χ0v) is 24.0. The predicted octanol–water partition coefficient (Wildman–Crippen LogP) is 3.75. The molecule has 43 heavy (non-hydrogen) atoms. The molecule has 10 nitrogen and oxygen atoms in total. The maximum Gasteiger partial charge on any atom is 0.347 e. The Bertz CT molecular complexity index is 1990. The van der Waals surface area contributed by atoms with Gasteiger partial charge in [-0.2, -0.15) is 0 Å². The van der Waals surface area contributed by atoms with Gasteiger partial charge in [-0.25, -0.2) is 13.2 Å². The number of ether oxygens (including phenoxy) is 1.